The molecule has 0 heterocycles. The van der Waals surface area contributed by atoms with Crippen LogP contribution < -0.4 is 9.47 Å². The summed E-state index contributed by atoms with van der Waals surface area (Å²) in [7, 11) is -1.73. The third kappa shape index (κ3) is 5.33. The first-order chi connectivity index (χ1) is 16.0. The van der Waals surface area contributed by atoms with Crippen molar-refractivity contribution >= 4 is 23.6 Å². The quantitative estimate of drug-likeness (QED) is 0.323. The maximum absolute atomic E-state index is 12.2. The Kier molecular flexibility index (Phi) is 8.19. The second kappa shape index (κ2) is 10.9. The maximum atomic E-state index is 12.2. The van der Waals surface area contributed by atoms with Gasteiger partial charge in [0.05, 0.1) is 19.8 Å². The molecule has 0 spiro atoms. The summed E-state index contributed by atoms with van der Waals surface area (Å²) in [5.41, 5.74) is 3.31. The molecule has 0 unspecified atom stereocenters. The number of benzene rings is 1. The Labute approximate surface area is 200 Å². The van der Waals surface area contributed by atoms with Gasteiger partial charge in [-0.1, -0.05) is 58.6 Å². The van der Waals surface area contributed by atoms with Crippen molar-refractivity contribution in [2.75, 3.05) is 14.2 Å². The highest BCUT2D eigenvalue weighted by Crippen LogP contribution is 2.64. The number of hydrogen-bond acceptors (Lipinski definition) is 4. The standard InChI is InChI=1S/C26H37O5PS/c1-30-22-17-18-24(33(27,28)29)26(31-2)25(22)21-15-9-10-16-23(21)32(19-11-5-3-6-12-19)20-13-7-4-8-14-20/h10,16-20H,3-9,11-15H2,1-2H3,(H,27,28,29). The number of rotatable bonds is 7. The van der Waals surface area contributed by atoms with E-state index in [1.54, 1.807) is 13.2 Å². The van der Waals surface area contributed by atoms with Gasteiger partial charge in [-0.05, 0) is 72.9 Å². The van der Waals surface area contributed by atoms with Crippen LogP contribution in [0.4, 0.5) is 0 Å². The molecule has 0 bridgehead atoms. The molecule has 0 atom stereocenters. The molecule has 182 valence electrons. The Morgan fingerprint density at radius 2 is 1.52 bits per heavy atom. The van der Waals surface area contributed by atoms with Crippen molar-refractivity contribution in [2.24, 2.45) is 0 Å². The molecule has 0 saturated heterocycles. The van der Waals surface area contributed by atoms with Gasteiger partial charge in [-0.25, -0.2) is 0 Å². The van der Waals surface area contributed by atoms with Crippen LogP contribution in [-0.2, 0) is 10.1 Å². The predicted octanol–water partition coefficient (Wildman–Crippen LogP) is 7.16. The van der Waals surface area contributed by atoms with Crippen molar-refractivity contribution in [3.8, 4) is 11.5 Å². The summed E-state index contributed by atoms with van der Waals surface area (Å²) in [4.78, 5) is -0.193. The summed E-state index contributed by atoms with van der Waals surface area (Å²) >= 11 is 0. The first-order valence-electron chi connectivity index (χ1n) is 12.4. The van der Waals surface area contributed by atoms with Crippen molar-refractivity contribution in [1.29, 1.82) is 0 Å². The van der Waals surface area contributed by atoms with Gasteiger partial charge in [-0.15, -0.1) is 0 Å². The molecule has 0 aromatic heterocycles. The Hall–Kier alpha value is -1.36. The summed E-state index contributed by atoms with van der Waals surface area (Å²) in [6.45, 7) is 0. The van der Waals surface area contributed by atoms with E-state index in [4.69, 9.17) is 9.47 Å². The van der Waals surface area contributed by atoms with Gasteiger partial charge < -0.3 is 9.47 Å². The lowest BCUT2D eigenvalue weighted by atomic mass is 9.95. The van der Waals surface area contributed by atoms with Crippen molar-refractivity contribution in [1.82, 2.24) is 0 Å². The van der Waals surface area contributed by atoms with Crippen LogP contribution in [-0.4, -0.2) is 38.5 Å². The Bertz CT molecular complexity index is 984. The molecule has 0 radical (unpaired) electrons. The fraction of sp³-hybridized carbons (Fsp3) is 0.615. The van der Waals surface area contributed by atoms with Crippen LogP contribution in [0.5, 0.6) is 11.5 Å². The zero-order valence-corrected chi connectivity index (χ0v) is 21.6. The average Bonchev–Trinajstić information content (AvgIpc) is 2.84. The summed E-state index contributed by atoms with van der Waals surface area (Å²) in [6.07, 6.45) is 19.5. The van der Waals surface area contributed by atoms with E-state index in [1.165, 1.54) is 82.7 Å². The van der Waals surface area contributed by atoms with E-state index in [2.05, 4.69) is 12.2 Å². The molecule has 1 N–H and O–H groups in total. The summed E-state index contributed by atoms with van der Waals surface area (Å²) < 4.78 is 45.6. The molecule has 2 saturated carbocycles. The Balaban J connectivity index is 1.92. The molecule has 0 amide bonds. The first kappa shape index (κ1) is 24.8. The summed E-state index contributed by atoms with van der Waals surface area (Å²) in [5, 5.41) is 1.40. The van der Waals surface area contributed by atoms with Crippen molar-refractivity contribution in [2.45, 2.75) is 93.3 Å². The molecule has 1 aromatic carbocycles. The van der Waals surface area contributed by atoms with Crippen LogP contribution in [0.1, 0.15) is 82.6 Å². The first-order valence-corrected chi connectivity index (χ1v) is 15.3. The van der Waals surface area contributed by atoms with Gasteiger partial charge in [0.2, 0.25) is 0 Å². The smallest absolute Gasteiger partial charge is 0.298 e. The Morgan fingerprint density at radius 3 is 2.03 bits per heavy atom. The van der Waals surface area contributed by atoms with Crippen LogP contribution in [0.2, 0.25) is 0 Å². The third-order valence-electron chi connectivity index (χ3n) is 7.45. The largest absolute Gasteiger partial charge is 0.496 e. The number of methoxy groups -OCH3 is 2. The van der Waals surface area contributed by atoms with Gasteiger partial charge in [0, 0.05) is 0 Å². The highest BCUT2D eigenvalue weighted by Gasteiger charge is 2.36. The molecule has 3 aliphatic rings. The molecule has 4 rings (SSSR count). The van der Waals surface area contributed by atoms with Gasteiger partial charge in [0.1, 0.15) is 10.6 Å². The monoisotopic (exact) mass is 492 g/mol. The van der Waals surface area contributed by atoms with E-state index in [0.717, 1.165) is 29.7 Å². The molecule has 5 nitrogen and oxygen atoms in total. The van der Waals surface area contributed by atoms with Crippen molar-refractivity contribution in [3.63, 3.8) is 0 Å². The van der Waals surface area contributed by atoms with Crippen LogP contribution >= 0.6 is 7.92 Å². The van der Waals surface area contributed by atoms with Gasteiger partial charge in [0.25, 0.3) is 10.1 Å². The average molecular weight is 493 g/mol. The lowest BCUT2D eigenvalue weighted by Gasteiger charge is -2.41. The van der Waals surface area contributed by atoms with Gasteiger partial charge in [-0.3, -0.25) is 4.55 Å². The Morgan fingerprint density at radius 1 is 0.909 bits per heavy atom. The second-order valence-corrected chi connectivity index (χ2v) is 13.6. The van der Waals surface area contributed by atoms with E-state index in [-0.39, 0.29) is 18.6 Å². The van der Waals surface area contributed by atoms with Gasteiger partial charge in [0.15, 0.2) is 5.75 Å². The number of hydrogen-bond donors (Lipinski definition) is 1. The van der Waals surface area contributed by atoms with Crippen LogP contribution in [0.3, 0.4) is 0 Å². The maximum Gasteiger partial charge on any atom is 0.298 e. The summed E-state index contributed by atoms with van der Waals surface area (Å²) in [5.74, 6) is 0.797. The SMILES string of the molecule is COc1ccc(S(=O)(=O)O)c(OC)c1C1=C(P(C2CCCCC2)C2CCCCC2)C=CCC1. The lowest BCUT2D eigenvalue weighted by molar-refractivity contribution is 0.380. The second-order valence-electron chi connectivity index (χ2n) is 9.45. The van der Waals surface area contributed by atoms with Gasteiger partial charge in [-0.2, -0.15) is 8.42 Å². The van der Waals surface area contributed by atoms with E-state index < -0.39 is 10.1 Å². The van der Waals surface area contributed by atoms with Gasteiger partial charge >= 0.3 is 0 Å². The third-order valence-corrected chi connectivity index (χ3v) is 11.9. The predicted molar refractivity (Wildman–Crippen MR) is 135 cm³/mol. The van der Waals surface area contributed by atoms with Crippen molar-refractivity contribution in [3.05, 3.63) is 35.2 Å². The minimum atomic E-state index is -4.43. The van der Waals surface area contributed by atoms with E-state index >= 15 is 0 Å². The van der Waals surface area contributed by atoms with E-state index in [9.17, 15) is 13.0 Å². The normalized spacial score (nSPS) is 21.0. The minimum Gasteiger partial charge on any atom is -0.496 e. The van der Waals surface area contributed by atoms with Crippen molar-refractivity contribution < 1.29 is 22.4 Å². The molecule has 0 aliphatic heterocycles. The molecule has 33 heavy (non-hydrogen) atoms. The van der Waals surface area contributed by atoms with Crippen LogP contribution in [0.15, 0.2) is 34.5 Å². The van der Waals surface area contributed by atoms with Crippen LogP contribution in [0.25, 0.3) is 5.57 Å². The lowest BCUT2D eigenvalue weighted by Crippen LogP contribution is -2.22. The molecule has 1 aromatic rings. The molecular formula is C26H37O5PS. The summed E-state index contributed by atoms with van der Waals surface area (Å²) in [6, 6.07) is 3.02. The highest BCUT2D eigenvalue weighted by molar-refractivity contribution is 7.86. The highest BCUT2D eigenvalue weighted by atomic mass is 32.2. The van der Waals surface area contributed by atoms with E-state index in [0.29, 0.717) is 11.3 Å². The minimum absolute atomic E-state index is 0.193. The molecule has 7 heteroatoms. The zero-order chi connectivity index (χ0) is 23.4. The van der Waals surface area contributed by atoms with E-state index in [1.807, 2.05) is 0 Å². The zero-order valence-electron chi connectivity index (χ0n) is 19.9. The fourth-order valence-corrected chi connectivity index (χ4v) is 10.7. The van der Waals surface area contributed by atoms with Crippen LogP contribution in [0, 0.1) is 0 Å². The fourth-order valence-electron chi connectivity index (χ4n) is 5.96. The molecule has 3 aliphatic carbocycles. The number of ether oxygens (including phenoxy) is 2. The number of allylic oxidation sites excluding steroid dienone is 4. The molecular weight excluding hydrogens is 455 g/mol. The molecule has 2 fully saturated rings. The topological polar surface area (TPSA) is 72.8 Å².